The molecule has 0 fully saturated rings. The molecule has 4 heteroatoms. The molecular weight excluding hydrogens is 194 g/mol. The molecule has 0 saturated heterocycles. The molecule has 2 N–H and O–H groups in total. The molecule has 2 heterocycles. The number of aromatic amines is 1. The number of hydrogen-bond acceptors (Lipinski definition) is 2. The number of carboxylic acids is 1. The van der Waals surface area contributed by atoms with Crippen molar-refractivity contribution in [3.8, 4) is 0 Å². The highest BCUT2D eigenvalue weighted by Gasteiger charge is 2.10. The molecule has 15 heavy (non-hydrogen) atoms. The summed E-state index contributed by atoms with van der Waals surface area (Å²) in [4.78, 5) is 13.6. The fourth-order valence-corrected chi connectivity index (χ4v) is 1.77. The third kappa shape index (κ3) is 1.05. The number of carboxylic acid groups (broad SMARTS) is 1. The number of nitrogens with one attached hydrogen (secondary N) is 1. The van der Waals surface area contributed by atoms with Crippen molar-refractivity contribution >= 4 is 27.8 Å². The number of carbonyl (C=O) groups is 1. The molecule has 0 aliphatic rings. The van der Waals surface area contributed by atoms with Gasteiger partial charge in [-0.05, 0) is 24.3 Å². The maximum Gasteiger partial charge on any atom is 0.352 e. The smallest absolute Gasteiger partial charge is 0.352 e. The number of rotatable bonds is 1. The first kappa shape index (κ1) is 8.11. The summed E-state index contributed by atoms with van der Waals surface area (Å²) in [6.45, 7) is 0. The fourth-order valence-electron chi connectivity index (χ4n) is 1.77. The first-order valence-electron chi connectivity index (χ1n) is 4.48. The summed E-state index contributed by atoms with van der Waals surface area (Å²) in [5.41, 5.74) is 1.76. The van der Waals surface area contributed by atoms with E-state index < -0.39 is 5.97 Å². The van der Waals surface area contributed by atoms with Gasteiger partial charge in [-0.3, -0.25) is 0 Å². The van der Waals surface area contributed by atoms with Crippen LogP contribution in [0, 0.1) is 0 Å². The summed E-state index contributed by atoms with van der Waals surface area (Å²) < 4.78 is 5.23. The normalized spacial score (nSPS) is 11.2. The van der Waals surface area contributed by atoms with Crippen molar-refractivity contribution in [2.45, 2.75) is 0 Å². The van der Waals surface area contributed by atoms with Crippen LogP contribution >= 0.6 is 0 Å². The van der Waals surface area contributed by atoms with Crippen LogP contribution in [-0.2, 0) is 0 Å². The maximum absolute atomic E-state index is 10.8. The minimum atomic E-state index is -0.956. The maximum atomic E-state index is 10.8. The largest absolute Gasteiger partial charge is 0.477 e. The zero-order valence-electron chi connectivity index (χ0n) is 7.65. The molecule has 1 aromatic carbocycles. The Morgan fingerprint density at radius 2 is 2.13 bits per heavy atom. The number of aromatic carboxylic acids is 1. The second-order valence-electron chi connectivity index (χ2n) is 3.35. The first-order valence-corrected chi connectivity index (χ1v) is 4.48. The SMILES string of the molecule is O=C(O)c1cc2c(ccc3occc32)[nH]1. The van der Waals surface area contributed by atoms with Crippen molar-refractivity contribution in [3.05, 3.63) is 36.2 Å². The number of benzene rings is 1. The minimum Gasteiger partial charge on any atom is -0.477 e. The van der Waals surface area contributed by atoms with Crippen LogP contribution in [0.2, 0.25) is 0 Å². The Labute approximate surface area is 84.1 Å². The molecule has 4 nitrogen and oxygen atoms in total. The van der Waals surface area contributed by atoms with Crippen LogP contribution in [0.4, 0.5) is 0 Å². The quantitative estimate of drug-likeness (QED) is 0.635. The molecule has 0 spiro atoms. The van der Waals surface area contributed by atoms with Crippen molar-refractivity contribution in [2.24, 2.45) is 0 Å². The van der Waals surface area contributed by atoms with E-state index in [1.165, 1.54) is 0 Å². The second-order valence-corrected chi connectivity index (χ2v) is 3.35. The molecule has 0 amide bonds. The van der Waals surface area contributed by atoms with Gasteiger partial charge in [-0.15, -0.1) is 0 Å². The van der Waals surface area contributed by atoms with Crippen LogP contribution in [0.5, 0.6) is 0 Å². The molecule has 74 valence electrons. The van der Waals surface area contributed by atoms with Gasteiger partial charge in [-0.2, -0.15) is 0 Å². The average molecular weight is 201 g/mol. The van der Waals surface area contributed by atoms with Gasteiger partial charge in [0, 0.05) is 16.3 Å². The van der Waals surface area contributed by atoms with Crippen LogP contribution in [0.25, 0.3) is 21.9 Å². The Bertz CT molecular complexity index is 663. The van der Waals surface area contributed by atoms with Gasteiger partial charge in [0.1, 0.15) is 11.3 Å². The van der Waals surface area contributed by atoms with E-state index >= 15 is 0 Å². The molecule has 3 rings (SSSR count). The van der Waals surface area contributed by atoms with E-state index in [9.17, 15) is 4.79 Å². The Kier molecular flexibility index (Phi) is 1.42. The molecule has 0 unspecified atom stereocenters. The van der Waals surface area contributed by atoms with Crippen molar-refractivity contribution in [1.82, 2.24) is 4.98 Å². The van der Waals surface area contributed by atoms with Gasteiger partial charge in [-0.25, -0.2) is 4.79 Å². The summed E-state index contributed by atoms with van der Waals surface area (Å²) in [5.74, 6) is -0.956. The molecule has 0 aliphatic carbocycles. The lowest BCUT2D eigenvalue weighted by Gasteiger charge is -1.89. The van der Waals surface area contributed by atoms with E-state index in [1.807, 2.05) is 18.2 Å². The van der Waals surface area contributed by atoms with Crippen molar-refractivity contribution < 1.29 is 14.3 Å². The monoisotopic (exact) mass is 201 g/mol. The fraction of sp³-hybridized carbons (Fsp3) is 0. The topological polar surface area (TPSA) is 66.2 Å². The highest BCUT2D eigenvalue weighted by molar-refractivity contribution is 6.07. The highest BCUT2D eigenvalue weighted by atomic mass is 16.4. The number of H-pyrrole nitrogens is 1. The predicted molar refractivity (Wildman–Crippen MR) is 55.0 cm³/mol. The molecule has 0 aliphatic heterocycles. The predicted octanol–water partition coefficient (Wildman–Crippen LogP) is 2.61. The number of aromatic nitrogens is 1. The zero-order valence-corrected chi connectivity index (χ0v) is 7.65. The summed E-state index contributed by atoms with van der Waals surface area (Å²) in [6.07, 6.45) is 1.59. The van der Waals surface area contributed by atoms with Crippen LogP contribution < -0.4 is 0 Å². The van der Waals surface area contributed by atoms with Crippen LogP contribution in [-0.4, -0.2) is 16.1 Å². The molecule has 0 atom stereocenters. The van der Waals surface area contributed by atoms with E-state index in [1.54, 1.807) is 12.3 Å². The molecular formula is C11H7NO3. The van der Waals surface area contributed by atoms with Gasteiger partial charge in [0.2, 0.25) is 0 Å². The van der Waals surface area contributed by atoms with Crippen molar-refractivity contribution in [3.63, 3.8) is 0 Å². The molecule has 0 saturated carbocycles. The Balaban J connectivity index is 2.46. The lowest BCUT2D eigenvalue weighted by atomic mass is 10.2. The average Bonchev–Trinajstić information content (AvgIpc) is 2.82. The van der Waals surface area contributed by atoms with Crippen molar-refractivity contribution in [2.75, 3.05) is 0 Å². The summed E-state index contributed by atoms with van der Waals surface area (Å²) in [6, 6.07) is 7.08. The van der Waals surface area contributed by atoms with Crippen LogP contribution in [0.1, 0.15) is 10.5 Å². The first-order chi connectivity index (χ1) is 7.25. The van der Waals surface area contributed by atoms with Crippen LogP contribution in [0.3, 0.4) is 0 Å². The Morgan fingerprint density at radius 3 is 2.93 bits per heavy atom. The highest BCUT2D eigenvalue weighted by Crippen LogP contribution is 2.26. The summed E-state index contributed by atoms with van der Waals surface area (Å²) in [7, 11) is 0. The van der Waals surface area contributed by atoms with E-state index in [2.05, 4.69) is 4.98 Å². The number of furan rings is 1. The third-order valence-electron chi connectivity index (χ3n) is 2.47. The number of hydrogen-bond donors (Lipinski definition) is 2. The lowest BCUT2D eigenvalue weighted by molar-refractivity contribution is 0.0691. The molecule has 0 radical (unpaired) electrons. The Morgan fingerprint density at radius 1 is 1.27 bits per heavy atom. The third-order valence-corrected chi connectivity index (χ3v) is 2.47. The second kappa shape index (κ2) is 2.63. The standard InChI is InChI=1S/C11H7NO3/c13-11(14)9-5-7-6-3-4-15-10(6)2-1-8(7)12-9/h1-5,12H,(H,13,14). The van der Waals surface area contributed by atoms with Crippen LogP contribution in [0.15, 0.2) is 34.9 Å². The van der Waals surface area contributed by atoms with E-state index in [0.29, 0.717) is 0 Å². The summed E-state index contributed by atoms with van der Waals surface area (Å²) in [5, 5.41) is 10.7. The van der Waals surface area contributed by atoms with Gasteiger partial charge in [-0.1, -0.05) is 0 Å². The molecule has 2 aromatic heterocycles. The Hall–Kier alpha value is -2.23. The van der Waals surface area contributed by atoms with Gasteiger partial charge >= 0.3 is 5.97 Å². The minimum absolute atomic E-state index is 0.193. The molecule has 0 bridgehead atoms. The lowest BCUT2D eigenvalue weighted by Crippen LogP contribution is -1.94. The van der Waals surface area contributed by atoms with E-state index in [0.717, 1.165) is 21.9 Å². The van der Waals surface area contributed by atoms with Crippen molar-refractivity contribution in [1.29, 1.82) is 0 Å². The van der Waals surface area contributed by atoms with Gasteiger partial charge in [0.25, 0.3) is 0 Å². The number of fused-ring (bicyclic) bond motifs is 3. The van der Waals surface area contributed by atoms with Gasteiger partial charge in [0.15, 0.2) is 0 Å². The van der Waals surface area contributed by atoms with E-state index in [4.69, 9.17) is 9.52 Å². The van der Waals surface area contributed by atoms with Gasteiger partial charge < -0.3 is 14.5 Å². The zero-order chi connectivity index (χ0) is 10.4. The molecule has 3 aromatic rings. The summed E-state index contributed by atoms with van der Waals surface area (Å²) >= 11 is 0. The van der Waals surface area contributed by atoms with Gasteiger partial charge in [0.05, 0.1) is 6.26 Å². The van der Waals surface area contributed by atoms with E-state index in [-0.39, 0.29) is 5.69 Å².